The van der Waals surface area contributed by atoms with Crippen LogP contribution < -0.4 is 11.1 Å². The second kappa shape index (κ2) is 5.36. The van der Waals surface area contributed by atoms with Gasteiger partial charge in [0.25, 0.3) is 5.91 Å². The van der Waals surface area contributed by atoms with Gasteiger partial charge >= 0.3 is 0 Å². The molecule has 0 fully saturated rings. The van der Waals surface area contributed by atoms with Crippen LogP contribution in [0, 0.1) is 11.6 Å². The van der Waals surface area contributed by atoms with E-state index in [2.05, 4.69) is 5.32 Å². The molecule has 0 aliphatic rings. The maximum atomic E-state index is 13.5. The second-order valence-corrected chi connectivity index (χ2v) is 4.85. The van der Waals surface area contributed by atoms with Crippen molar-refractivity contribution in [1.82, 2.24) is 0 Å². The van der Waals surface area contributed by atoms with Crippen molar-refractivity contribution < 1.29 is 13.6 Å². The largest absolute Gasteiger partial charge is 0.396 e. The molecule has 0 aliphatic heterocycles. The second-order valence-electron chi connectivity index (χ2n) is 3.94. The molecule has 0 atom stereocenters. The smallest absolute Gasteiger partial charge is 0.266 e. The summed E-state index contributed by atoms with van der Waals surface area (Å²) in [5.41, 5.74) is 5.90. The quantitative estimate of drug-likeness (QED) is 0.847. The molecule has 6 heteroatoms. The van der Waals surface area contributed by atoms with Crippen molar-refractivity contribution in [2.45, 2.75) is 13.3 Å². The van der Waals surface area contributed by atoms with E-state index in [1.165, 1.54) is 11.3 Å². The van der Waals surface area contributed by atoms with Gasteiger partial charge in [0, 0.05) is 6.07 Å². The topological polar surface area (TPSA) is 55.1 Å². The van der Waals surface area contributed by atoms with E-state index in [9.17, 15) is 13.6 Å². The van der Waals surface area contributed by atoms with Crippen molar-refractivity contribution in [3.05, 3.63) is 45.7 Å². The SMILES string of the molecule is CCc1ccsc1C(=O)Nc1cc(N)c(F)cc1F. The van der Waals surface area contributed by atoms with Crippen molar-refractivity contribution in [3.63, 3.8) is 0 Å². The molecule has 0 saturated heterocycles. The van der Waals surface area contributed by atoms with Crippen LogP contribution >= 0.6 is 11.3 Å². The highest BCUT2D eigenvalue weighted by Gasteiger charge is 2.15. The highest BCUT2D eigenvalue weighted by atomic mass is 32.1. The van der Waals surface area contributed by atoms with Crippen LogP contribution in [0.25, 0.3) is 0 Å². The Kier molecular flexibility index (Phi) is 3.80. The molecule has 2 aromatic rings. The van der Waals surface area contributed by atoms with Gasteiger partial charge in [0.1, 0.15) is 11.6 Å². The number of rotatable bonds is 3. The number of carbonyl (C=O) groups excluding carboxylic acids is 1. The van der Waals surface area contributed by atoms with Crippen molar-refractivity contribution in [2.75, 3.05) is 11.1 Å². The zero-order valence-electron chi connectivity index (χ0n) is 10.2. The average Bonchev–Trinajstić information content (AvgIpc) is 2.84. The molecule has 0 unspecified atom stereocenters. The Morgan fingerprint density at radius 2 is 2.11 bits per heavy atom. The number of hydrogen-bond donors (Lipinski definition) is 2. The monoisotopic (exact) mass is 282 g/mol. The molecule has 19 heavy (non-hydrogen) atoms. The molecule has 0 bridgehead atoms. The molecule has 0 saturated carbocycles. The van der Waals surface area contributed by atoms with Crippen molar-refractivity contribution in [2.24, 2.45) is 0 Å². The fraction of sp³-hybridized carbons (Fsp3) is 0.154. The molecule has 1 aromatic carbocycles. The number of benzene rings is 1. The third-order valence-corrected chi connectivity index (χ3v) is 3.62. The lowest BCUT2D eigenvalue weighted by Crippen LogP contribution is -2.13. The zero-order chi connectivity index (χ0) is 14.0. The Bertz CT molecular complexity index is 625. The lowest BCUT2D eigenvalue weighted by molar-refractivity contribution is 0.102. The molecule has 0 radical (unpaired) electrons. The first-order valence-electron chi connectivity index (χ1n) is 5.65. The number of nitrogens with one attached hydrogen (secondary N) is 1. The van der Waals surface area contributed by atoms with Gasteiger partial charge in [-0.15, -0.1) is 11.3 Å². The van der Waals surface area contributed by atoms with Gasteiger partial charge in [-0.05, 0) is 29.5 Å². The minimum absolute atomic E-state index is 0.126. The maximum Gasteiger partial charge on any atom is 0.266 e. The average molecular weight is 282 g/mol. The molecule has 1 heterocycles. The lowest BCUT2D eigenvalue weighted by atomic mass is 10.2. The Morgan fingerprint density at radius 3 is 2.79 bits per heavy atom. The minimum Gasteiger partial charge on any atom is -0.396 e. The van der Waals surface area contributed by atoms with E-state index in [1.54, 1.807) is 5.38 Å². The number of carbonyl (C=O) groups is 1. The van der Waals surface area contributed by atoms with Crippen LogP contribution in [0.1, 0.15) is 22.2 Å². The van der Waals surface area contributed by atoms with E-state index in [4.69, 9.17) is 5.73 Å². The summed E-state index contributed by atoms with van der Waals surface area (Å²) in [6.07, 6.45) is 0.709. The third-order valence-electron chi connectivity index (χ3n) is 2.67. The summed E-state index contributed by atoms with van der Waals surface area (Å²) in [4.78, 5) is 12.5. The fourth-order valence-corrected chi connectivity index (χ4v) is 2.54. The number of anilines is 2. The van der Waals surface area contributed by atoms with Gasteiger partial charge in [-0.2, -0.15) is 0 Å². The van der Waals surface area contributed by atoms with Crippen LogP contribution in [0.15, 0.2) is 23.6 Å². The number of halogens is 2. The lowest BCUT2D eigenvalue weighted by Gasteiger charge is -2.08. The summed E-state index contributed by atoms with van der Waals surface area (Å²) in [5.74, 6) is -2.12. The van der Waals surface area contributed by atoms with E-state index >= 15 is 0 Å². The number of aryl methyl sites for hydroxylation is 1. The van der Waals surface area contributed by atoms with Crippen LogP contribution in [0.4, 0.5) is 20.2 Å². The summed E-state index contributed by atoms with van der Waals surface area (Å²) in [6, 6.07) is 3.57. The van der Waals surface area contributed by atoms with Gasteiger partial charge in [0.2, 0.25) is 0 Å². The Labute approximate surface area is 113 Å². The molecule has 3 nitrogen and oxygen atoms in total. The predicted octanol–water partition coefficient (Wildman–Crippen LogP) is 3.42. The van der Waals surface area contributed by atoms with Crippen molar-refractivity contribution in [1.29, 1.82) is 0 Å². The normalized spacial score (nSPS) is 10.5. The minimum atomic E-state index is -0.852. The van der Waals surface area contributed by atoms with Gasteiger partial charge in [-0.25, -0.2) is 8.78 Å². The molecule has 100 valence electrons. The van der Waals surface area contributed by atoms with E-state index in [1.807, 2.05) is 13.0 Å². The Morgan fingerprint density at radius 1 is 1.37 bits per heavy atom. The summed E-state index contributed by atoms with van der Waals surface area (Å²) in [7, 11) is 0. The van der Waals surface area contributed by atoms with E-state index in [0.717, 1.165) is 11.6 Å². The van der Waals surface area contributed by atoms with Gasteiger partial charge in [-0.1, -0.05) is 6.92 Å². The third kappa shape index (κ3) is 2.73. The van der Waals surface area contributed by atoms with Gasteiger partial charge < -0.3 is 11.1 Å². The van der Waals surface area contributed by atoms with Crippen LogP contribution in [0.5, 0.6) is 0 Å². The van der Waals surface area contributed by atoms with Crippen LogP contribution in [0.2, 0.25) is 0 Å². The highest BCUT2D eigenvalue weighted by Crippen LogP contribution is 2.24. The van der Waals surface area contributed by atoms with Crippen LogP contribution in [-0.2, 0) is 6.42 Å². The highest BCUT2D eigenvalue weighted by molar-refractivity contribution is 7.12. The number of amides is 1. The molecule has 1 aromatic heterocycles. The fourth-order valence-electron chi connectivity index (χ4n) is 1.65. The van der Waals surface area contributed by atoms with E-state index in [-0.39, 0.29) is 11.4 Å². The van der Waals surface area contributed by atoms with Crippen molar-refractivity contribution >= 4 is 28.6 Å². The standard InChI is InChI=1S/C13H12F2N2OS/c1-2-7-3-4-19-12(7)13(18)17-11-6-10(16)8(14)5-9(11)15/h3-6H,2,16H2,1H3,(H,17,18). The van der Waals surface area contributed by atoms with Gasteiger partial charge in [-0.3, -0.25) is 4.79 Å². The predicted molar refractivity (Wildman–Crippen MR) is 72.4 cm³/mol. The van der Waals surface area contributed by atoms with E-state index < -0.39 is 17.5 Å². The van der Waals surface area contributed by atoms with E-state index in [0.29, 0.717) is 17.4 Å². The molecule has 0 spiro atoms. The Balaban J connectivity index is 2.27. The summed E-state index contributed by atoms with van der Waals surface area (Å²) in [5, 5.41) is 4.20. The summed E-state index contributed by atoms with van der Waals surface area (Å²) in [6.45, 7) is 1.93. The first-order valence-corrected chi connectivity index (χ1v) is 6.53. The summed E-state index contributed by atoms with van der Waals surface area (Å²) >= 11 is 1.27. The van der Waals surface area contributed by atoms with Crippen LogP contribution in [0.3, 0.4) is 0 Å². The molecular weight excluding hydrogens is 270 g/mol. The Hall–Kier alpha value is -1.95. The number of thiophene rings is 1. The molecule has 1 amide bonds. The zero-order valence-corrected chi connectivity index (χ0v) is 11.0. The number of nitrogen functional groups attached to an aromatic ring is 1. The number of nitrogens with two attached hydrogens (primary N) is 1. The first kappa shape index (κ1) is 13.5. The van der Waals surface area contributed by atoms with Crippen molar-refractivity contribution in [3.8, 4) is 0 Å². The number of hydrogen-bond acceptors (Lipinski definition) is 3. The molecule has 2 rings (SSSR count). The maximum absolute atomic E-state index is 13.5. The molecule has 3 N–H and O–H groups in total. The summed E-state index contributed by atoms with van der Waals surface area (Å²) < 4.78 is 26.5. The molecular formula is C13H12F2N2OS. The van der Waals surface area contributed by atoms with Gasteiger partial charge in [0.15, 0.2) is 0 Å². The first-order chi connectivity index (χ1) is 9.02. The van der Waals surface area contributed by atoms with Gasteiger partial charge in [0.05, 0.1) is 16.3 Å². The molecule has 0 aliphatic carbocycles. The van der Waals surface area contributed by atoms with Crippen LogP contribution in [-0.4, -0.2) is 5.91 Å².